The lowest BCUT2D eigenvalue weighted by molar-refractivity contribution is -0.124. The first kappa shape index (κ1) is 21.7. The van der Waals surface area contributed by atoms with Crippen molar-refractivity contribution in [2.45, 2.75) is 62.7 Å². The number of hydrogen-bond acceptors (Lipinski definition) is 6. The molecule has 0 spiro atoms. The first-order chi connectivity index (χ1) is 12.7. The summed E-state index contributed by atoms with van der Waals surface area (Å²) in [5.41, 5.74) is 5.92. The highest BCUT2D eigenvalue weighted by Crippen LogP contribution is 2.19. The second-order valence-corrected chi connectivity index (χ2v) is 9.33. The van der Waals surface area contributed by atoms with Crippen LogP contribution in [-0.2, 0) is 14.8 Å². The molecular formula is C18H30N4O4S. The van der Waals surface area contributed by atoms with Crippen LogP contribution in [0.1, 0.15) is 39.5 Å². The van der Waals surface area contributed by atoms with Crippen LogP contribution in [0, 0.1) is 5.92 Å². The fourth-order valence-corrected chi connectivity index (χ4v) is 4.62. The third-order valence-electron chi connectivity index (χ3n) is 4.66. The molecule has 4 N–H and O–H groups in total. The maximum atomic E-state index is 12.8. The van der Waals surface area contributed by atoms with Gasteiger partial charge in [0, 0.05) is 19.3 Å². The van der Waals surface area contributed by atoms with E-state index >= 15 is 0 Å². The molecule has 1 amide bonds. The number of pyridine rings is 1. The van der Waals surface area contributed by atoms with E-state index in [0.29, 0.717) is 32.2 Å². The average Bonchev–Trinajstić information content (AvgIpc) is 2.61. The van der Waals surface area contributed by atoms with Gasteiger partial charge in [-0.25, -0.2) is 13.4 Å². The molecule has 0 aliphatic carbocycles. The topological polar surface area (TPSA) is 126 Å². The Hall–Kier alpha value is -1.55. The minimum atomic E-state index is -3.79. The van der Waals surface area contributed by atoms with Crippen molar-refractivity contribution in [1.29, 1.82) is 0 Å². The fraction of sp³-hybridized carbons (Fsp3) is 0.667. The van der Waals surface area contributed by atoms with Gasteiger partial charge >= 0.3 is 0 Å². The zero-order valence-electron chi connectivity index (χ0n) is 15.9. The van der Waals surface area contributed by atoms with Crippen molar-refractivity contribution in [3.05, 3.63) is 24.4 Å². The minimum Gasteiger partial charge on any atom is -0.390 e. The molecule has 2 unspecified atom stereocenters. The van der Waals surface area contributed by atoms with E-state index in [1.807, 2.05) is 13.8 Å². The van der Waals surface area contributed by atoms with Crippen LogP contribution in [0.3, 0.4) is 0 Å². The summed E-state index contributed by atoms with van der Waals surface area (Å²) in [7, 11) is -3.79. The molecule has 1 aliphatic heterocycles. The standard InChI is InChI=1S/C18H30N4O4S/c1-13(2)11-14(19)18(24)21-15-7-4-6-10-22(12-16(15)23)27(25,26)17-8-3-5-9-20-17/h3,5,8-9,13-16,23H,4,6-7,10-12,19H2,1-2H3,(H,21,24)/t14-,15?,16?/m0/s1. The summed E-state index contributed by atoms with van der Waals surface area (Å²) in [5, 5.41) is 13.3. The van der Waals surface area contributed by atoms with Crippen LogP contribution in [0.2, 0.25) is 0 Å². The highest BCUT2D eigenvalue weighted by atomic mass is 32.2. The molecular weight excluding hydrogens is 368 g/mol. The van der Waals surface area contributed by atoms with Crippen LogP contribution in [0.25, 0.3) is 0 Å². The number of aliphatic hydroxyl groups excluding tert-OH is 1. The van der Waals surface area contributed by atoms with Crippen molar-refractivity contribution < 1.29 is 18.3 Å². The Morgan fingerprint density at radius 2 is 2.15 bits per heavy atom. The SMILES string of the molecule is CC(C)C[C@H](N)C(=O)NC1CCCCN(S(=O)(=O)c2ccccn2)CC1O. The molecule has 1 saturated heterocycles. The molecule has 1 aromatic heterocycles. The molecule has 1 aromatic rings. The lowest BCUT2D eigenvalue weighted by atomic mass is 9.99. The molecule has 9 heteroatoms. The Bertz CT molecular complexity index is 711. The van der Waals surface area contributed by atoms with Crippen molar-refractivity contribution in [2.24, 2.45) is 11.7 Å². The monoisotopic (exact) mass is 398 g/mol. The number of hydrogen-bond donors (Lipinski definition) is 3. The summed E-state index contributed by atoms with van der Waals surface area (Å²) in [4.78, 5) is 16.2. The van der Waals surface area contributed by atoms with E-state index in [1.165, 1.54) is 16.6 Å². The van der Waals surface area contributed by atoms with E-state index in [0.717, 1.165) is 0 Å². The predicted molar refractivity (Wildman–Crippen MR) is 102 cm³/mol. The normalized spacial score (nSPS) is 23.4. The summed E-state index contributed by atoms with van der Waals surface area (Å²) in [5.74, 6) is -0.0283. The Labute approximate surface area is 161 Å². The van der Waals surface area contributed by atoms with Crippen LogP contribution in [0.4, 0.5) is 0 Å². The highest BCUT2D eigenvalue weighted by Gasteiger charge is 2.33. The van der Waals surface area contributed by atoms with Gasteiger partial charge in [-0.15, -0.1) is 0 Å². The van der Waals surface area contributed by atoms with Gasteiger partial charge in [-0.1, -0.05) is 19.9 Å². The summed E-state index contributed by atoms with van der Waals surface area (Å²) in [6, 6.07) is 3.52. The number of carbonyl (C=O) groups is 1. The lowest BCUT2D eigenvalue weighted by Crippen LogP contribution is -2.54. The molecule has 27 heavy (non-hydrogen) atoms. The van der Waals surface area contributed by atoms with Crippen LogP contribution < -0.4 is 11.1 Å². The lowest BCUT2D eigenvalue weighted by Gasteiger charge is -2.32. The van der Waals surface area contributed by atoms with Crippen molar-refractivity contribution in [3.8, 4) is 0 Å². The van der Waals surface area contributed by atoms with E-state index < -0.39 is 28.2 Å². The second kappa shape index (κ2) is 9.59. The molecule has 3 atom stereocenters. The largest absolute Gasteiger partial charge is 0.390 e. The minimum absolute atomic E-state index is 0.0442. The van der Waals surface area contributed by atoms with Crippen LogP contribution in [-0.4, -0.2) is 60.0 Å². The molecule has 0 saturated carbocycles. The number of aromatic nitrogens is 1. The number of nitrogens with zero attached hydrogens (tertiary/aromatic N) is 2. The third-order valence-corrected chi connectivity index (χ3v) is 6.44. The molecule has 0 radical (unpaired) electrons. The van der Waals surface area contributed by atoms with Gasteiger partial charge in [0.2, 0.25) is 5.91 Å². The maximum Gasteiger partial charge on any atom is 0.260 e. The quantitative estimate of drug-likeness (QED) is 0.640. The first-order valence-corrected chi connectivity index (χ1v) is 10.8. The molecule has 2 heterocycles. The Morgan fingerprint density at radius 3 is 2.78 bits per heavy atom. The summed E-state index contributed by atoms with van der Waals surface area (Å²) >= 11 is 0. The van der Waals surface area contributed by atoms with Crippen LogP contribution in [0.15, 0.2) is 29.4 Å². The van der Waals surface area contributed by atoms with E-state index in [4.69, 9.17) is 5.73 Å². The van der Waals surface area contributed by atoms with Gasteiger partial charge in [0.15, 0.2) is 5.03 Å². The number of nitrogens with two attached hydrogens (primary N) is 1. The maximum absolute atomic E-state index is 12.8. The van der Waals surface area contributed by atoms with E-state index in [2.05, 4.69) is 10.3 Å². The van der Waals surface area contributed by atoms with Crippen molar-refractivity contribution in [2.75, 3.05) is 13.1 Å². The molecule has 0 bridgehead atoms. The third kappa shape index (κ3) is 5.97. The second-order valence-electron chi connectivity index (χ2n) is 7.45. The van der Waals surface area contributed by atoms with E-state index in [9.17, 15) is 18.3 Å². The number of nitrogens with one attached hydrogen (secondary N) is 1. The zero-order valence-corrected chi connectivity index (χ0v) is 16.7. The van der Waals surface area contributed by atoms with Crippen molar-refractivity contribution in [1.82, 2.24) is 14.6 Å². The molecule has 0 aromatic carbocycles. The molecule has 152 valence electrons. The smallest absolute Gasteiger partial charge is 0.260 e. The number of aliphatic hydroxyl groups is 1. The zero-order chi connectivity index (χ0) is 20.0. The summed E-state index contributed by atoms with van der Waals surface area (Å²) in [6.07, 6.45) is 2.87. The number of rotatable bonds is 6. The molecule has 2 rings (SSSR count). The molecule has 1 fully saturated rings. The molecule has 1 aliphatic rings. The summed E-state index contributed by atoms with van der Waals surface area (Å²) in [6.45, 7) is 4.18. The Balaban J connectivity index is 2.08. The van der Waals surface area contributed by atoms with Crippen molar-refractivity contribution >= 4 is 15.9 Å². The molecule has 8 nitrogen and oxygen atoms in total. The highest BCUT2D eigenvalue weighted by molar-refractivity contribution is 7.89. The van der Waals surface area contributed by atoms with Gasteiger partial charge < -0.3 is 16.2 Å². The first-order valence-electron chi connectivity index (χ1n) is 9.37. The van der Waals surface area contributed by atoms with Gasteiger partial charge in [-0.2, -0.15) is 4.31 Å². The fourth-order valence-electron chi connectivity index (χ4n) is 3.20. The van der Waals surface area contributed by atoms with Gasteiger partial charge in [-0.05, 0) is 43.7 Å². The van der Waals surface area contributed by atoms with Gasteiger partial charge in [0.05, 0.1) is 18.2 Å². The van der Waals surface area contributed by atoms with Gasteiger partial charge in [0.1, 0.15) is 0 Å². The van der Waals surface area contributed by atoms with Crippen LogP contribution >= 0.6 is 0 Å². The summed E-state index contributed by atoms with van der Waals surface area (Å²) < 4.78 is 26.8. The number of carbonyl (C=O) groups excluding carboxylic acids is 1. The van der Waals surface area contributed by atoms with Crippen LogP contribution in [0.5, 0.6) is 0 Å². The Kier molecular flexibility index (Phi) is 7.72. The number of sulfonamides is 1. The van der Waals surface area contributed by atoms with E-state index in [-0.39, 0.29) is 23.4 Å². The average molecular weight is 399 g/mol. The number of β-amino-alcohol motifs (C(OH)–C–C–N with tert-alkyl or cyclic N) is 1. The van der Waals surface area contributed by atoms with Crippen molar-refractivity contribution in [3.63, 3.8) is 0 Å². The van der Waals surface area contributed by atoms with E-state index in [1.54, 1.807) is 12.1 Å². The van der Waals surface area contributed by atoms with Gasteiger partial charge in [-0.3, -0.25) is 4.79 Å². The Morgan fingerprint density at radius 1 is 1.41 bits per heavy atom. The predicted octanol–water partition coefficient (Wildman–Crippen LogP) is 0.475. The van der Waals surface area contributed by atoms with Gasteiger partial charge in [0.25, 0.3) is 10.0 Å². The number of amides is 1.